The fourth-order valence-corrected chi connectivity index (χ4v) is 1.18. The van der Waals surface area contributed by atoms with Gasteiger partial charge in [-0.05, 0) is 24.3 Å². The Balaban J connectivity index is 2.67. The van der Waals surface area contributed by atoms with Crippen LogP contribution in [-0.4, -0.2) is 5.78 Å². The number of carbonyl (C=O) groups excluding carboxylic acids is 1. The molecule has 0 N–H and O–H groups in total. The van der Waals surface area contributed by atoms with Gasteiger partial charge in [0, 0.05) is 0 Å². The first-order valence-corrected chi connectivity index (χ1v) is 3.35. The molecule has 9 heavy (non-hydrogen) atoms. The van der Waals surface area contributed by atoms with Crippen molar-refractivity contribution in [2.24, 2.45) is 11.8 Å². The third-order valence-corrected chi connectivity index (χ3v) is 2.13. The Morgan fingerprint density at radius 1 is 1.56 bits per heavy atom. The van der Waals surface area contributed by atoms with Gasteiger partial charge in [-0.25, -0.2) is 0 Å². The zero-order chi connectivity index (χ0) is 7.02. The highest BCUT2D eigenvalue weighted by atomic mass is 16.1. The van der Waals surface area contributed by atoms with Gasteiger partial charge in [-0.1, -0.05) is 19.9 Å². The Hall–Kier alpha value is -0.590. The molecule has 0 unspecified atom stereocenters. The van der Waals surface area contributed by atoms with Crippen molar-refractivity contribution in [3.63, 3.8) is 0 Å². The molecule has 0 amide bonds. The van der Waals surface area contributed by atoms with Gasteiger partial charge in [-0.2, -0.15) is 0 Å². The van der Waals surface area contributed by atoms with Crippen molar-refractivity contribution in [1.82, 2.24) is 0 Å². The van der Waals surface area contributed by atoms with E-state index in [0.717, 1.165) is 5.57 Å². The van der Waals surface area contributed by atoms with E-state index < -0.39 is 0 Å². The van der Waals surface area contributed by atoms with Crippen molar-refractivity contribution < 1.29 is 4.79 Å². The molecule has 0 fully saturated rings. The second-order valence-electron chi connectivity index (χ2n) is 2.83. The van der Waals surface area contributed by atoms with Crippen molar-refractivity contribution >= 4 is 5.78 Å². The van der Waals surface area contributed by atoms with E-state index in [1.54, 1.807) is 6.92 Å². The maximum Gasteiger partial charge on any atom is 0.155 e. The SMILES string of the molecule is CC(=O)C1=C[C@@H](C)[C@H]1C. The molecule has 0 aromatic rings. The predicted octanol–water partition coefficient (Wildman–Crippen LogP) is 1.79. The number of hydrogen-bond donors (Lipinski definition) is 0. The van der Waals surface area contributed by atoms with Gasteiger partial charge in [0.05, 0.1) is 0 Å². The molecule has 1 nitrogen and oxygen atoms in total. The van der Waals surface area contributed by atoms with Gasteiger partial charge in [0.25, 0.3) is 0 Å². The Morgan fingerprint density at radius 2 is 2.11 bits per heavy atom. The number of ketones is 1. The standard InChI is InChI=1S/C8H12O/c1-5-4-8(6(5)2)7(3)9/h4-6H,1-3H3/t5-,6-/m1/s1. The summed E-state index contributed by atoms with van der Waals surface area (Å²) in [6, 6.07) is 0. The molecule has 2 atom stereocenters. The number of hydrogen-bond acceptors (Lipinski definition) is 1. The Bertz CT molecular complexity index is 167. The fraction of sp³-hybridized carbons (Fsp3) is 0.625. The minimum absolute atomic E-state index is 0.237. The van der Waals surface area contributed by atoms with Crippen LogP contribution in [-0.2, 0) is 4.79 Å². The lowest BCUT2D eigenvalue weighted by molar-refractivity contribution is -0.114. The smallest absolute Gasteiger partial charge is 0.155 e. The average Bonchev–Trinajstić information content (AvgIpc) is 1.81. The summed E-state index contributed by atoms with van der Waals surface area (Å²) in [6.45, 7) is 5.87. The molecule has 1 aliphatic carbocycles. The highest BCUT2D eigenvalue weighted by Gasteiger charge is 2.26. The summed E-state index contributed by atoms with van der Waals surface area (Å²) in [7, 11) is 0. The van der Waals surface area contributed by atoms with Crippen LogP contribution in [0.3, 0.4) is 0 Å². The molecule has 0 aromatic heterocycles. The van der Waals surface area contributed by atoms with Gasteiger partial charge in [0.1, 0.15) is 0 Å². The van der Waals surface area contributed by atoms with Gasteiger partial charge in [0.2, 0.25) is 0 Å². The molecular formula is C8H12O. The van der Waals surface area contributed by atoms with Crippen molar-refractivity contribution in [1.29, 1.82) is 0 Å². The number of rotatable bonds is 1. The highest BCUT2D eigenvalue weighted by molar-refractivity contribution is 5.95. The van der Waals surface area contributed by atoms with Crippen LogP contribution >= 0.6 is 0 Å². The summed E-state index contributed by atoms with van der Waals surface area (Å²) < 4.78 is 0. The molecule has 50 valence electrons. The largest absolute Gasteiger partial charge is 0.295 e. The summed E-state index contributed by atoms with van der Waals surface area (Å²) in [6.07, 6.45) is 2.05. The topological polar surface area (TPSA) is 17.1 Å². The van der Waals surface area contributed by atoms with E-state index in [1.807, 2.05) is 6.08 Å². The van der Waals surface area contributed by atoms with Gasteiger partial charge < -0.3 is 0 Å². The van der Waals surface area contributed by atoms with Crippen LogP contribution in [0.4, 0.5) is 0 Å². The lowest BCUT2D eigenvalue weighted by atomic mass is 9.75. The second-order valence-corrected chi connectivity index (χ2v) is 2.83. The van der Waals surface area contributed by atoms with Crippen LogP contribution < -0.4 is 0 Å². The predicted molar refractivity (Wildman–Crippen MR) is 37.1 cm³/mol. The molecule has 1 aliphatic rings. The monoisotopic (exact) mass is 124 g/mol. The number of carbonyl (C=O) groups is 1. The lowest BCUT2D eigenvalue weighted by Crippen LogP contribution is -2.23. The normalized spacial score (nSPS) is 33.0. The van der Waals surface area contributed by atoms with E-state index in [2.05, 4.69) is 13.8 Å². The molecular weight excluding hydrogens is 112 g/mol. The van der Waals surface area contributed by atoms with Crippen molar-refractivity contribution in [3.8, 4) is 0 Å². The molecule has 0 radical (unpaired) electrons. The van der Waals surface area contributed by atoms with E-state index in [0.29, 0.717) is 11.8 Å². The quantitative estimate of drug-likeness (QED) is 0.520. The van der Waals surface area contributed by atoms with E-state index >= 15 is 0 Å². The van der Waals surface area contributed by atoms with Gasteiger partial charge in [-0.3, -0.25) is 4.79 Å². The minimum atomic E-state index is 0.237. The van der Waals surface area contributed by atoms with Crippen molar-refractivity contribution in [2.75, 3.05) is 0 Å². The molecule has 0 aliphatic heterocycles. The van der Waals surface area contributed by atoms with E-state index in [1.165, 1.54) is 0 Å². The summed E-state index contributed by atoms with van der Waals surface area (Å²) in [4.78, 5) is 10.7. The third-order valence-electron chi connectivity index (χ3n) is 2.13. The first-order valence-electron chi connectivity index (χ1n) is 3.35. The number of Topliss-reactive ketones (excluding diaryl/α,β-unsaturated/α-hetero) is 1. The first kappa shape index (κ1) is 6.53. The van der Waals surface area contributed by atoms with Crippen LogP contribution in [0.25, 0.3) is 0 Å². The molecule has 0 spiro atoms. The Labute approximate surface area is 55.8 Å². The first-order chi connectivity index (χ1) is 4.13. The summed E-state index contributed by atoms with van der Waals surface area (Å²) in [5.41, 5.74) is 1.02. The third kappa shape index (κ3) is 0.913. The van der Waals surface area contributed by atoms with Crippen LogP contribution in [0.1, 0.15) is 20.8 Å². The van der Waals surface area contributed by atoms with Crippen LogP contribution in [0.2, 0.25) is 0 Å². The van der Waals surface area contributed by atoms with Crippen LogP contribution in [0.15, 0.2) is 11.6 Å². The molecule has 0 saturated carbocycles. The highest BCUT2D eigenvalue weighted by Crippen LogP contribution is 2.32. The maximum atomic E-state index is 10.7. The van der Waals surface area contributed by atoms with Gasteiger partial charge >= 0.3 is 0 Å². The fourth-order valence-electron chi connectivity index (χ4n) is 1.18. The second kappa shape index (κ2) is 1.98. The average molecular weight is 124 g/mol. The number of allylic oxidation sites excluding steroid dienone is 2. The summed E-state index contributed by atoms with van der Waals surface area (Å²) in [5, 5.41) is 0. The van der Waals surface area contributed by atoms with Gasteiger partial charge in [0.15, 0.2) is 5.78 Å². The minimum Gasteiger partial charge on any atom is -0.295 e. The van der Waals surface area contributed by atoms with E-state index in [-0.39, 0.29) is 5.78 Å². The van der Waals surface area contributed by atoms with Crippen molar-refractivity contribution in [3.05, 3.63) is 11.6 Å². The molecule has 0 bridgehead atoms. The molecule has 1 rings (SSSR count). The van der Waals surface area contributed by atoms with Crippen LogP contribution in [0, 0.1) is 11.8 Å². The maximum absolute atomic E-state index is 10.7. The summed E-state index contributed by atoms with van der Waals surface area (Å²) >= 11 is 0. The molecule has 0 saturated heterocycles. The van der Waals surface area contributed by atoms with E-state index in [9.17, 15) is 4.79 Å². The lowest BCUT2D eigenvalue weighted by Gasteiger charge is -2.28. The molecule has 0 heterocycles. The van der Waals surface area contributed by atoms with E-state index in [4.69, 9.17) is 0 Å². The van der Waals surface area contributed by atoms with Crippen molar-refractivity contribution in [2.45, 2.75) is 20.8 Å². The molecule has 0 aromatic carbocycles. The summed E-state index contributed by atoms with van der Waals surface area (Å²) in [5.74, 6) is 1.35. The zero-order valence-corrected chi connectivity index (χ0v) is 6.14. The zero-order valence-electron chi connectivity index (χ0n) is 6.14. The van der Waals surface area contributed by atoms with Gasteiger partial charge in [-0.15, -0.1) is 0 Å². The van der Waals surface area contributed by atoms with Crippen LogP contribution in [0.5, 0.6) is 0 Å². The Kier molecular flexibility index (Phi) is 1.43. The molecule has 1 heteroatoms. The Morgan fingerprint density at radius 3 is 2.22 bits per heavy atom.